The third-order valence-corrected chi connectivity index (χ3v) is 3.80. The average molecular weight is 246 g/mol. The molecule has 2 heterocycles. The molecule has 0 saturated carbocycles. The smallest absolute Gasteiger partial charge is 0.226 e. The minimum absolute atomic E-state index is 0.224. The van der Waals surface area contributed by atoms with Crippen molar-refractivity contribution in [2.24, 2.45) is 11.8 Å². The van der Waals surface area contributed by atoms with E-state index in [0.29, 0.717) is 11.8 Å². The molecule has 0 bridgehead atoms. The molecule has 5 nitrogen and oxygen atoms in total. The summed E-state index contributed by atoms with van der Waals surface area (Å²) < 4.78 is 1.84. The van der Waals surface area contributed by atoms with Gasteiger partial charge in [-0.05, 0) is 19.3 Å². The highest BCUT2D eigenvalue weighted by Crippen LogP contribution is 2.25. The fourth-order valence-corrected chi connectivity index (χ4v) is 2.74. The first kappa shape index (κ1) is 11.4. The van der Waals surface area contributed by atoms with E-state index in [4.69, 9.17) is 0 Å². The van der Waals surface area contributed by atoms with Crippen molar-refractivity contribution in [2.75, 3.05) is 13.1 Å². The molecule has 5 heteroatoms. The molecular weight excluding hydrogens is 228 g/mol. The van der Waals surface area contributed by atoms with Crippen LogP contribution in [0.4, 0.5) is 0 Å². The van der Waals surface area contributed by atoms with Crippen molar-refractivity contribution in [1.82, 2.24) is 19.9 Å². The Morgan fingerprint density at radius 2 is 2.22 bits per heavy atom. The fourth-order valence-electron chi connectivity index (χ4n) is 2.74. The SMILES string of the molecule is O=C(C1CC=CCC1)N1CC(Cn2ccnn2)C1. The summed E-state index contributed by atoms with van der Waals surface area (Å²) in [5.74, 6) is 1.10. The van der Waals surface area contributed by atoms with Gasteiger partial charge < -0.3 is 4.90 Å². The number of carbonyl (C=O) groups is 1. The zero-order chi connectivity index (χ0) is 12.4. The molecule has 0 N–H and O–H groups in total. The Morgan fingerprint density at radius 1 is 1.33 bits per heavy atom. The number of aromatic nitrogens is 3. The van der Waals surface area contributed by atoms with Crippen LogP contribution in [0.25, 0.3) is 0 Å². The van der Waals surface area contributed by atoms with Gasteiger partial charge in [-0.2, -0.15) is 0 Å². The van der Waals surface area contributed by atoms with Gasteiger partial charge in [-0.25, -0.2) is 0 Å². The Morgan fingerprint density at radius 3 is 2.89 bits per heavy atom. The summed E-state index contributed by atoms with van der Waals surface area (Å²) in [4.78, 5) is 14.2. The molecule has 1 unspecified atom stereocenters. The minimum Gasteiger partial charge on any atom is -0.342 e. The molecule has 2 aliphatic rings. The van der Waals surface area contributed by atoms with Crippen LogP contribution in [0.1, 0.15) is 19.3 Å². The van der Waals surface area contributed by atoms with Gasteiger partial charge in [0.1, 0.15) is 0 Å². The van der Waals surface area contributed by atoms with E-state index in [1.54, 1.807) is 6.20 Å². The highest BCUT2D eigenvalue weighted by atomic mass is 16.2. The Labute approximate surface area is 106 Å². The highest BCUT2D eigenvalue weighted by Gasteiger charge is 2.34. The van der Waals surface area contributed by atoms with E-state index in [1.165, 1.54) is 0 Å². The van der Waals surface area contributed by atoms with Crippen LogP contribution in [0.2, 0.25) is 0 Å². The van der Waals surface area contributed by atoms with E-state index in [2.05, 4.69) is 22.5 Å². The van der Waals surface area contributed by atoms with Crippen molar-refractivity contribution in [1.29, 1.82) is 0 Å². The van der Waals surface area contributed by atoms with Crippen LogP contribution in [0.5, 0.6) is 0 Å². The summed E-state index contributed by atoms with van der Waals surface area (Å²) in [5, 5.41) is 7.74. The number of hydrogen-bond acceptors (Lipinski definition) is 3. The first-order valence-electron chi connectivity index (χ1n) is 6.61. The van der Waals surface area contributed by atoms with Crippen LogP contribution in [-0.4, -0.2) is 38.9 Å². The third-order valence-electron chi connectivity index (χ3n) is 3.80. The van der Waals surface area contributed by atoms with Gasteiger partial charge in [0.15, 0.2) is 0 Å². The second kappa shape index (κ2) is 4.92. The van der Waals surface area contributed by atoms with Crippen LogP contribution < -0.4 is 0 Å². The monoisotopic (exact) mass is 246 g/mol. The predicted molar refractivity (Wildman–Crippen MR) is 66.6 cm³/mol. The number of allylic oxidation sites excluding steroid dienone is 2. The lowest BCUT2D eigenvalue weighted by Gasteiger charge is -2.41. The maximum atomic E-state index is 12.2. The second-order valence-corrected chi connectivity index (χ2v) is 5.22. The highest BCUT2D eigenvalue weighted by molar-refractivity contribution is 5.80. The molecule has 0 aromatic carbocycles. The standard InChI is InChI=1S/C13H18N4O/c18-13(12-4-2-1-3-5-12)16-8-11(9-16)10-17-7-6-14-15-17/h1-2,6-7,11-12H,3-5,8-10H2. The van der Waals surface area contributed by atoms with E-state index in [9.17, 15) is 4.79 Å². The topological polar surface area (TPSA) is 51.0 Å². The molecule has 1 aliphatic heterocycles. The summed E-state index contributed by atoms with van der Waals surface area (Å²) in [5.41, 5.74) is 0. The van der Waals surface area contributed by atoms with Crippen molar-refractivity contribution >= 4 is 5.91 Å². The van der Waals surface area contributed by atoms with E-state index in [-0.39, 0.29) is 5.92 Å². The number of likely N-dealkylation sites (tertiary alicyclic amines) is 1. The van der Waals surface area contributed by atoms with E-state index in [1.807, 2.05) is 15.8 Å². The number of carbonyl (C=O) groups excluding carboxylic acids is 1. The second-order valence-electron chi connectivity index (χ2n) is 5.22. The maximum absolute atomic E-state index is 12.2. The third kappa shape index (κ3) is 2.30. The minimum atomic E-state index is 0.224. The van der Waals surface area contributed by atoms with E-state index >= 15 is 0 Å². The van der Waals surface area contributed by atoms with Gasteiger partial charge in [-0.3, -0.25) is 9.48 Å². The normalized spacial score (nSPS) is 24.0. The molecule has 0 spiro atoms. The van der Waals surface area contributed by atoms with Crippen molar-refractivity contribution in [3.63, 3.8) is 0 Å². The van der Waals surface area contributed by atoms with Gasteiger partial charge in [0, 0.05) is 37.7 Å². The van der Waals surface area contributed by atoms with Gasteiger partial charge >= 0.3 is 0 Å². The molecule has 1 aromatic heterocycles. The Kier molecular flexibility index (Phi) is 3.13. The number of hydrogen-bond donors (Lipinski definition) is 0. The van der Waals surface area contributed by atoms with Crippen LogP contribution in [0.15, 0.2) is 24.5 Å². The zero-order valence-corrected chi connectivity index (χ0v) is 10.4. The lowest BCUT2D eigenvalue weighted by atomic mass is 9.90. The summed E-state index contributed by atoms with van der Waals surface area (Å²) >= 11 is 0. The molecule has 0 radical (unpaired) electrons. The Bertz CT molecular complexity index is 434. The molecule has 1 fully saturated rings. The summed E-state index contributed by atoms with van der Waals surface area (Å²) in [6.07, 6.45) is 10.9. The quantitative estimate of drug-likeness (QED) is 0.750. The molecule has 1 saturated heterocycles. The van der Waals surface area contributed by atoms with Crippen LogP contribution in [0, 0.1) is 11.8 Å². The maximum Gasteiger partial charge on any atom is 0.226 e. The Balaban J connectivity index is 1.46. The number of rotatable bonds is 3. The molecule has 18 heavy (non-hydrogen) atoms. The van der Waals surface area contributed by atoms with E-state index in [0.717, 1.165) is 38.9 Å². The fraction of sp³-hybridized carbons (Fsp3) is 0.615. The lowest BCUT2D eigenvalue weighted by molar-refractivity contribution is -0.142. The average Bonchev–Trinajstić information content (AvgIpc) is 2.86. The molecule has 1 atom stereocenters. The van der Waals surface area contributed by atoms with Crippen molar-refractivity contribution in [3.8, 4) is 0 Å². The van der Waals surface area contributed by atoms with Crippen LogP contribution >= 0.6 is 0 Å². The summed E-state index contributed by atoms with van der Waals surface area (Å²) in [6, 6.07) is 0. The van der Waals surface area contributed by atoms with Crippen molar-refractivity contribution in [2.45, 2.75) is 25.8 Å². The van der Waals surface area contributed by atoms with Crippen LogP contribution in [-0.2, 0) is 11.3 Å². The zero-order valence-electron chi connectivity index (χ0n) is 10.4. The summed E-state index contributed by atoms with van der Waals surface area (Å²) in [7, 11) is 0. The van der Waals surface area contributed by atoms with Gasteiger partial charge in [-0.1, -0.05) is 17.4 Å². The molecule has 1 amide bonds. The molecule has 1 aliphatic carbocycles. The first-order chi connectivity index (χ1) is 8.83. The van der Waals surface area contributed by atoms with Crippen LogP contribution in [0.3, 0.4) is 0 Å². The Hall–Kier alpha value is -1.65. The molecule has 1 aromatic rings. The van der Waals surface area contributed by atoms with Gasteiger partial charge in [-0.15, -0.1) is 5.10 Å². The largest absolute Gasteiger partial charge is 0.342 e. The van der Waals surface area contributed by atoms with Crippen molar-refractivity contribution in [3.05, 3.63) is 24.5 Å². The van der Waals surface area contributed by atoms with E-state index < -0.39 is 0 Å². The van der Waals surface area contributed by atoms with Gasteiger partial charge in [0.25, 0.3) is 0 Å². The van der Waals surface area contributed by atoms with Crippen molar-refractivity contribution < 1.29 is 4.79 Å². The lowest BCUT2D eigenvalue weighted by Crippen LogP contribution is -2.53. The molecular formula is C13H18N4O. The number of amides is 1. The molecule has 96 valence electrons. The van der Waals surface area contributed by atoms with Gasteiger partial charge in [0.05, 0.1) is 6.20 Å². The molecule has 3 rings (SSSR count). The number of nitrogens with zero attached hydrogens (tertiary/aromatic N) is 4. The van der Waals surface area contributed by atoms with Gasteiger partial charge in [0.2, 0.25) is 5.91 Å². The summed E-state index contributed by atoms with van der Waals surface area (Å²) in [6.45, 7) is 2.62. The first-order valence-corrected chi connectivity index (χ1v) is 6.61. The predicted octanol–water partition coefficient (Wildman–Crippen LogP) is 1.09.